The van der Waals surface area contributed by atoms with Gasteiger partial charge in [-0.3, -0.25) is 9.10 Å². The van der Waals surface area contributed by atoms with E-state index in [0.29, 0.717) is 24.1 Å². The molecule has 0 fully saturated rings. The van der Waals surface area contributed by atoms with Gasteiger partial charge in [0.1, 0.15) is 5.75 Å². The van der Waals surface area contributed by atoms with Gasteiger partial charge in [0.25, 0.3) is 5.91 Å². The number of fused-ring (bicyclic) bond motifs is 1. The van der Waals surface area contributed by atoms with Crippen molar-refractivity contribution in [1.29, 1.82) is 0 Å². The van der Waals surface area contributed by atoms with Gasteiger partial charge >= 0.3 is 6.18 Å². The molecule has 0 aliphatic carbocycles. The molecule has 31 heavy (non-hydrogen) atoms. The van der Waals surface area contributed by atoms with E-state index >= 15 is 0 Å². The number of carbonyl (C=O) groups excluding carboxylic acids is 1. The van der Waals surface area contributed by atoms with Crippen molar-refractivity contribution in [3.05, 3.63) is 53.1 Å². The third-order valence-corrected chi connectivity index (χ3v) is 6.14. The molecule has 1 unspecified atom stereocenters. The van der Waals surface area contributed by atoms with Crippen LogP contribution in [0.3, 0.4) is 0 Å². The average molecular weight is 456 g/mol. The van der Waals surface area contributed by atoms with Crippen molar-refractivity contribution in [1.82, 2.24) is 0 Å². The van der Waals surface area contributed by atoms with Gasteiger partial charge in [0.2, 0.25) is 10.0 Å². The van der Waals surface area contributed by atoms with E-state index in [1.165, 1.54) is 22.5 Å². The standard InChI is InChI=1S/C21H23F3N2O4S/c1-4-9-30-19-8-6-16(21(22,23)24)12-17(19)25-20(27)14-5-7-18-15(11-14)10-13(2)26(18)31(3,28)29/h5-8,11-13H,4,9-10H2,1-3H3,(H,25,27). The van der Waals surface area contributed by atoms with E-state index in [2.05, 4.69) is 5.32 Å². The quantitative estimate of drug-likeness (QED) is 0.697. The molecule has 0 radical (unpaired) electrons. The Bertz CT molecular complexity index is 1100. The SMILES string of the molecule is CCCOc1ccc(C(F)(F)F)cc1NC(=O)c1ccc2c(c1)CC(C)N2S(C)(=O)=O. The van der Waals surface area contributed by atoms with Crippen LogP contribution < -0.4 is 14.4 Å². The molecule has 3 rings (SSSR count). The van der Waals surface area contributed by atoms with Crippen molar-refractivity contribution in [2.45, 2.75) is 38.9 Å². The van der Waals surface area contributed by atoms with Crippen LogP contribution in [0, 0.1) is 0 Å². The van der Waals surface area contributed by atoms with Crippen LogP contribution >= 0.6 is 0 Å². The van der Waals surface area contributed by atoms with E-state index in [0.717, 1.165) is 18.4 Å². The lowest BCUT2D eigenvalue weighted by atomic mass is 10.1. The molecule has 1 atom stereocenters. The number of sulfonamides is 1. The molecule has 1 amide bonds. The van der Waals surface area contributed by atoms with Gasteiger partial charge < -0.3 is 10.1 Å². The molecule has 0 saturated heterocycles. The summed E-state index contributed by atoms with van der Waals surface area (Å²) in [4.78, 5) is 12.8. The Labute approximate surface area is 179 Å². The monoisotopic (exact) mass is 456 g/mol. The number of rotatable bonds is 6. The van der Waals surface area contributed by atoms with Crippen molar-refractivity contribution in [2.75, 3.05) is 22.5 Å². The topological polar surface area (TPSA) is 75.7 Å². The number of carbonyl (C=O) groups is 1. The maximum atomic E-state index is 13.1. The smallest absolute Gasteiger partial charge is 0.416 e. The number of nitrogens with one attached hydrogen (secondary N) is 1. The first-order chi connectivity index (χ1) is 14.4. The molecule has 1 aliphatic heterocycles. The number of ether oxygens (including phenoxy) is 1. The van der Waals surface area contributed by atoms with Crippen LogP contribution in [-0.4, -0.2) is 33.2 Å². The fourth-order valence-corrected chi connectivity index (χ4v) is 4.85. The number of hydrogen-bond acceptors (Lipinski definition) is 4. The number of nitrogens with zero attached hydrogens (tertiary/aromatic N) is 1. The summed E-state index contributed by atoms with van der Waals surface area (Å²) < 4.78 is 70.2. The lowest BCUT2D eigenvalue weighted by Gasteiger charge is -2.22. The molecule has 0 aromatic heterocycles. The van der Waals surface area contributed by atoms with Gasteiger partial charge in [-0.05, 0) is 61.7 Å². The maximum Gasteiger partial charge on any atom is 0.416 e. The van der Waals surface area contributed by atoms with Gasteiger partial charge in [0, 0.05) is 11.6 Å². The summed E-state index contributed by atoms with van der Waals surface area (Å²) >= 11 is 0. The minimum Gasteiger partial charge on any atom is -0.491 e. The van der Waals surface area contributed by atoms with Crippen molar-refractivity contribution in [3.63, 3.8) is 0 Å². The fraction of sp³-hybridized carbons (Fsp3) is 0.381. The predicted molar refractivity (Wildman–Crippen MR) is 112 cm³/mol. The first-order valence-corrected chi connectivity index (χ1v) is 11.5. The first kappa shape index (κ1) is 22.9. The largest absolute Gasteiger partial charge is 0.491 e. The molecule has 2 aromatic rings. The highest BCUT2D eigenvalue weighted by atomic mass is 32.2. The third-order valence-electron chi connectivity index (χ3n) is 4.87. The van der Waals surface area contributed by atoms with Gasteiger partial charge in [0.15, 0.2) is 0 Å². The average Bonchev–Trinajstić information content (AvgIpc) is 3.01. The number of hydrogen-bond donors (Lipinski definition) is 1. The van der Waals surface area contributed by atoms with E-state index in [1.807, 2.05) is 6.92 Å². The van der Waals surface area contributed by atoms with Gasteiger partial charge in [-0.15, -0.1) is 0 Å². The molecule has 0 saturated carbocycles. The summed E-state index contributed by atoms with van der Waals surface area (Å²) in [5.74, 6) is -0.477. The Morgan fingerprint density at radius 3 is 2.55 bits per heavy atom. The highest BCUT2D eigenvalue weighted by Crippen LogP contribution is 2.37. The fourth-order valence-electron chi connectivity index (χ4n) is 3.59. The molecule has 1 heterocycles. The summed E-state index contributed by atoms with van der Waals surface area (Å²) in [7, 11) is -3.47. The van der Waals surface area contributed by atoms with Crippen LogP contribution in [0.2, 0.25) is 0 Å². The number of alkyl halides is 3. The summed E-state index contributed by atoms with van der Waals surface area (Å²) in [6.45, 7) is 3.90. The minimum atomic E-state index is -4.57. The molecule has 168 valence electrons. The maximum absolute atomic E-state index is 13.1. The van der Waals surface area contributed by atoms with E-state index in [-0.39, 0.29) is 29.6 Å². The molecule has 2 aromatic carbocycles. The normalized spacial score (nSPS) is 16.2. The van der Waals surface area contributed by atoms with E-state index in [4.69, 9.17) is 4.74 Å². The summed E-state index contributed by atoms with van der Waals surface area (Å²) in [5.41, 5.74) is 0.396. The molecule has 0 spiro atoms. The van der Waals surface area contributed by atoms with Gasteiger partial charge in [-0.1, -0.05) is 6.92 Å². The number of amides is 1. The van der Waals surface area contributed by atoms with Gasteiger partial charge in [0.05, 0.1) is 29.8 Å². The van der Waals surface area contributed by atoms with Crippen LogP contribution in [0.4, 0.5) is 24.5 Å². The van der Waals surface area contributed by atoms with Crippen LogP contribution in [0.1, 0.15) is 41.8 Å². The Morgan fingerprint density at radius 1 is 1.23 bits per heavy atom. The molecule has 1 aliphatic rings. The molecular weight excluding hydrogens is 433 g/mol. The van der Waals surface area contributed by atoms with Crippen LogP contribution in [-0.2, 0) is 22.6 Å². The second-order valence-corrected chi connectivity index (χ2v) is 9.33. The molecule has 10 heteroatoms. The van der Waals surface area contributed by atoms with E-state index in [1.54, 1.807) is 13.0 Å². The van der Waals surface area contributed by atoms with Crippen molar-refractivity contribution in [2.24, 2.45) is 0 Å². The van der Waals surface area contributed by atoms with Crippen molar-refractivity contribution >= 4 is 27.3 Å². The van der Waals surface area contributed by atoms with Crippen molar-refractivity contribution < 1.29 is 31.1 Å². The molecular formula is C21H23F3N2O4S. The zero-order chi connectivity index (χ0) is 23.0. The van der Waals surface area contributed by atoms with Crippen molar-refractivity contribution in [3.8, 4) is 5.75 Å². The Kier molecular flexibility index (Phi) is 6.22. The summed E-state index contributed by atoms with van der Waals surface area (Å²) in [6, 6.07) is 7.18. The zero-order valence-corrected chi connectivity index (χ0v) is 18.1. The Morgan fingerprint density at radius 2 is 1.94 bits per heavy atom. The minimum absolute atomic E-state index is 0.0834. The Balaban J connectivity index is 1.91. The zero-order valence-electron chi connectivity index (χ0n) is 17.3. The lowest BCUT2D eigenvalue weighted by molar-refractivity contribution is -0.137. The first-order valence-electron chi connectivity index (χ1n) is 9.69. The van der Waals surface area contributed by atoms with E-state index in [9.17, 15) is 26.4 Å². The predicted octanol–water partition coefficient (Wildman–Crippen LogP) is 4.46. The van der Waals surface area contributed by atoms with E-state index < -0.39 is 27.7 Å². The number of benzene rings is 2. The Hall–Kier alpha value is -2.75. The third kappa shape index (κ3) is 4.95. The second-order valence-electron chi connectivity index (χ2n) is 7.47. The molecule has 1 N–H and O–H groups in total. The number of halogens is 3. The summed E-state index contributed by atoms with van der Waals surface area (Å²) in [6.07, 6.45) is -2.38. The van der Waals surface area contributed by atoms with Crippen LogP contribution in [0.25, 0.3) is 0 Å². The van der Waals surface area contributed by atoms with Gasteiger partial charge in [-0.25, -0.2) is 8.42 Å². The summed E-state index contributed by atoms with van der Waals surface area (Å²) in [5, 5.41) is 2.50. The second kappa shape index (κ2) is 8.41. The van der Waals surface area contributed by atoms with Crippen LogP contribution in [0.15, 0.2) is 36.4 Å². The van der Waals surface area contributed by atoms with Crippen LogP contribution in [0.5, 0.6) is 5.75 Å². The molecule has 6 nitrogen and oxygen atoms in total. The highest BCUT2D eigenvalue weighted by Gasteiger charge is 2.33. The highest BCUT2D eigenvalue weighted by molar-refractivity contribution is 7.92. The molecule has 0 bridgehead atoms. The number of anilines is 2. The lowest BCUT2D eigenvalue weighted by Crippen LogP contribution is -2.34. The van der Waals surface area contributed by atoms with Gasteiger partial charge in [-0.2, -0.15) is 13.2 Å².